The molecule has 2 aliphatic heterocycles. The van der Waals surface area contributed by atoms with Crippen molar-refractivity contribution in [2.45, 2.75) is 26.2 Å². The SMILES string of the molecule is Cc1nc(-c2cnccn2)sc1C(=O)N1CCC2(CCN(C(=O)CNC(=O)c3ccco3)CC2)C1. The molecule has 1 N–H and O–H groups in total. The molecule has 2 saturated heterocycles. The summed E-state index contributed by atoms with van der Waals surface area (Å²) in [6.45, 7) is 4.41. The summed E-state index contributed by atoms with van der Waals surface area (Å²) in [4.78, 5) is 55.2. The lowest BCUT2D eigenvalue weighted by Gasteiger charge is -2.39. The van der Waals surface area contributed by atoms with Crippen molar-refractivity contribution in [2.75, 3.05) is 32.7 Å². The number of rotatable bonds is 5. The van der Waals surface area contributed by atoms with Crippen molar-refractivity contribution < 1.29 is 18.8 Å². The van der Waals surface area contributed by atoms with E-state index in [4.69, 9.17) is 4.42 Å². The summed E-state index contributed by atoms with van der Waals surface area (Å²) in [5.41, 5.74) is 1.39. The number of aromatic nitrogens is 3. The molecule has 3 aromatic rings. The molecule has 3 amide bonds. The van der Waals surface area contributed by atoms with E-state index in [1.165, 1.54) is 17.6 Å². The summed E-state index contributed by atoms with van der Waals surface area (Å²) >= 11 is 1.35. The molecule has 2 fully saturated rings. The van der Waals surface area contributed by atoms with Gasteiger partial charge in [-0.25, -0.2) is 4.98 Å². The first kappa shape index (κ1) is 23.2. The van der Waals surface area contributed by atoms with Crippen LogP contribution in [0, 0.1) is 12.3 Å². The number of hydrogen-bond donors (Lipinski definition) is 1. The molecular formula is C24H26N6O4S. The third kappa shape index (κ3) is 4.81. The van der Waals surface area contributed by atoms with Gasteiger partial charge in [0.25, 0.3) is 11.8 Å². The van der Waals surface area contributed by atoms with E-state index in [1.807, 2.05) is 11.8 Å². The van der Waals surface area contributed by atoms with E-state index in [9.17, 15) is 14.4 Å². The summed E-state index contributed by atoms with van der Waals surface area (Å²) in [7, 11) is 0. The Labute approximate surface area is 206 Å². The fraction of sp³-hybridized carbons (Fsp3) is 0.417. The third-order valence-electron chi connectivity index (χ3n) is 6.82. The van der Waals surface area contributed by atoms with Crippen LogP contribution in [0.15, 0.2) is 41.4 Å². The van der Waals surface area contributed by atoms with Crippen LogP contribution < -0.4 is 5.32 Å². The lowest BCUT2D eigenvalue weighted by molar-refractivity contribution is -0.132. The van der Waals surface area contributed by atoms with E-state index in [1.54, 1.807) is 35.6 Å². The van der Waals surface area contributed by atoms with E-state index in [0.29, 0.717) is 47.5 Å². The average molecular weight is 495 g/mol. The number of piperidine rings is 1. The Morgan fingerprint density at radius 2 is 1.91 bits per heavy atom. The molecule has 0 unspecified atom stereocenters. The van der Waals surface area contributed by atoms with Gasteiger partial charge in [-0.05, 0) is 43.7 Å². The molecule has 0 aromatic carbocycles. The van der Waals surface area contributed by atoms with Crippen molar-refractivity contribution in [1.29, 1.82) is 0 Å². The van der Waals surface area contributed by atoms with Gasteiger partial charge in [-0.3, -0.25) is 24.4 Å². The first-order valence-corrected chi connectivity index (χ1v) is 12.4. The Morgan fingerprint density at radius 3 is 2.60 bits per heavy atom. The first-order valence-electron chi connectivity index (χ1n) is 11.6. The lowest BCUT2D eigenvalue weighted by Crippen LogP contribution is -2.47. The molecule has 10 nitrogen and oxygen atoms in total. The van der Waals surface area contributed by atoms with E-state index in [2.05, 4.69) is 20.3 Å². The second-order valence-corrected chi connectivity index (χ2v) is 10.0. The first-order chi connectivity index (χ1) is 16.9. The summed E-state index contributed by atoms with van der Waals surface area (Å²) in [5.74, 6) is -0.317. The summed E-state index contributed by atoms with van der Waals surface area (Å²) in [6, 6.07) is 3.19. The normalized spacial score (nSPS) is 17.1. The van der Waals surface area contributed by atoms with Crippen LogP contribution in [0.5, 0.6) is 0 Å². The van der Waals surface area contributed by atoms with E-state index < -0.39 is 5.91 Å². The van der Waals surface area contributed by atoms with E-state index in [-0.39, 0.29) is 29.5 Å². The van der Waals surface area contributed by atoms with Crippen molar-refractivity contribution in [1.82, 2.24) is 30.1 Å². The van der Waals surface area contributed by atoms with Crippen LogP contribution in [0.1, 0.15) is 45.2 Å². The molecule has 3 aromatic heterocycles. The van der Waals surface area contributed by atoms with Gasteiger partial charge in [-0.2, -0.15) is 0 Å². The summed E-state index contributed by atoms with van der Waals surface area (Å²) in [6.07, 6.45) is 8.88. The minimum absolute atomic E-state index is 0.00570. The van der Waals surface area contributed by atoms with Gasteiger partial charge in [-0.15, -0.1) is 11.3 Å². The number of hydrogen-bond acceptors (Lipinski definition) is 8. The number of carbonyl (C=O) groups excluding carboxylic acids is 3. The zero-order valence-electron chi connectivity index (χ0n) is 19.4. The van der Waals surface area contributed by atoms with Crippen molar-refractivity contribution in [3.05, 3.63) is 53.3 Å². The van der Waals surface area contributed by atoms with Crippen molar-refractivity contribution in [3.8, 4) is 10.7 Å². The molecular weight excluding hydrogens is 468 g/mol. The molecule has 2 aliphatic rings. The van der Waals surface area contributed by atoms with Gasteiger partial charge in [-0.1, -0.05) is 0 Å². The van der Waals surface area contributed by atoms with Crippen LogP contribution >= 0.6 is 11.3 Å². The largest absolute Gasteiger partial charge is 0.459 e. The standard InChI is InChI=1S/C24H26N6O4S/c1-16-20(35-22(28-16)17-13-25-7-8-26-17)23(33)30-11-6-24(15-30)4-9-29(10-5-24)19(31)14-27-21(32)18-3-2-12-34-18/h2-3,7-8,12-13H,4-6,9-11,14-15H2,1H3,(H,27,32). The highest BCUT2D eigenvalue weighted by molar-refractivity contribution is 7.17. The molecule has 0 atom stereocenters. The maximum Gasteiger partial charge on any atom is 0.287 e. The van der Waals surface area contributed by atoms with E-state index >= 15 is 0 Å². The van der Waals surface area contributed by atoms with Crippen LogP contribution in [-0.4, -0.2) is 75.2 Å². The Kier molecular flexibility index (Phi) is 6.33. The average Bonchev–Trinajstić information content (AvgIpc) is 3.64. The number of carbonyl (C=O) groups is 3. The number of amides is 3. The molecule has 0 saturated carbocycles. The molecule has 5 rings (SSSR count). The van der Waals surface area contributed by atoms with Crippen molar-refractivity contribution in [3.63, 3.8) is 0 Å². The predicted molar refractivity (Wildman–Crippen MR) is 128 cm³/mol. The summed E-state index contributed by atoms with van der Waals surface area (Å²) in [5, 5.41) is 3.31. The number of likely N-dealkylation sites (tertiary alicyclic amines) is 2. The maximum atomic E-state index is 13.3. The Morgan fingerprint density at radius 1 is 1.14 bits per heavy atom. The smallest absolute Gasteiger partial charge is 0.287 e. The minimum Gasteiger partial charge on any atom is -0.459 e. The molecule has 1 spiro atoms. The van der Waals surface area contributed by atoms with Gasteiger partial charge in [0.05, 0.1) is 24.7 Å². The van der Waals surface area contributed by atoms with Gasteiger partial charge in [0.15, 0.2) is 5.76 Å². The Bertz CT molecular complexity index is 1220. The predicted octanol–water partition coefficient (Wildman–Crippen LogP) is 2.39. The van der Waals surface area contributed by atoms with Gasteiger partial charge >= 0.3 is 0 Å². The second kappa shape index (κ2) is 9.57. The maximum absolute atomic E-state index is 13.3. The molecule has 11 heteroatoms. The molecule has 5 heterocycles. The highest BCUT2D eigenvalue weighted by atomic mass is 32.1. The van der Waals surface area contributed by atoms with Crippen LogP contribution in [-0.2, 0) is 4.79 Å². The van der Waals surface area contributed by atoms with Crippen LogP contribution in [0.4, 0.5) is 0 Å². The monoisotopic (exact) mass is 494 g/mol. The molecule has 0 bridgehead atoms. The molecule has 0 aliphatic carbocycles. The molecule has 182 valence electrons. The number of furan rings is 1. The fourth-order valence-corrected chi connectivity index (χ4v) is 5.76. The Balaban J connectivity index is 1.15. The van der Waals surface area contributed by atoms with Crippen molar-refractivity contribution >= 4 is 29.1 Å². The number of nitrogens with zero attached hydrogens (tertiary/aromatic N) is 5. The zero-order chi connectivity index (χ0) is 24.4. The highest BCUT2D eigenvalue weighted by Gasteiger charge is 2.43. The van der Waals surface area contributed by atoms with Crippen molar-refractivity contribution in [2.24, 2.45) is 5.41 Å². The highest BCUT2D eigenvalue weighted by Crippen LogP contribution is 2.41. The van der Waals surface area contributed by atoms with Gasteiger partial charge in [0, 0.05) is 38.6 Å². The topological polar surface area (TPSA) is 122 Å². The minimum atomic E-state index is -0.400. The van der Waals surface area contributed by atoms with E-state index in [0.717, 1.165) is 19.3 Å². The fourth-order valence-electron chi connectivity index (χ4n) is 4.77. The van der Waals surface area contributed by atoms with Crippen LogP contribution in [0.2, 0.25) is 0 Å². The van der Waals surface area contributed by atoms with Gasteiger partial charge in [0.2, 0.25) is 5.91 Å². The van der Waals surface area contributed by atoms with Gasteiger partial charge in [0.1, 0.15) is 15.6 Å². The number of aryl methyl sites for hydroxylation is 1. The zero-order valence-corrected chi connectivity index (χ0v) is 20.2. The summed E-state index contributed by atoms with van der Waals surface area (Å²) < 4.78 is 5.05. The molecule has 0 radical (unpaired) electrons. The lowest BCUT2D eigenvalue weighted by atomic mass is 9.78. The quantitative estimate of drug-likeness (QED) is 0.578. The molecule has 35 heavy (non-hydrogen) atoms. The van der Waals surface area contributed by atoms with Gasteiger partial charge < -0.3 is 19.5 Å². The second-order valence-electron chi connectivity index (χ2n) is 9.04. The Hall–Kier alpha value is -3.60. The number of thiazole rings is 1. The number of nitrogens with one attached hydrogen (secondary N) is 1. The van der Waals surface area contributed by atoms with Crippen LogP contribution in [0.3, 0.4) is 0 Å². The third-order valence-corrected chi connectivity index (χ3v) is 7.99. The van der Waals surface area contributed by atoms with Crippen LogP contribution in [0.25, 0.3) is 10.7 Å².